The number of carbonyl (C=O) groups is 1. The molecule has 0 bridgehead atoms. The number of benzene rings is 1. The highest BCUT2D eigenvalue weighted by atomic mass is 16.5. The molecule has 1 aliphatic rings. The highest BCUT2D eigenvalue weighted by molar-refractivity contribution is 5.72. The molecule has 0 saturated carbocycles. The van der Waals surface area contributed by atoms with Crippen LogP contribution in [0.1, 0.15) is 12.8 Å². The molecule has 2 N–H and O–H groups in total. The Hall–Kier alpha value is -1.75. The van der Waals surface area contributed by atoms with Gasteiger partial charge >= 0.3 is 5.97 Å². The zero-order chi connectivity index (χ0) is 14.4. The second-order valence-corrected chi connectivity index (χ2v) is 5.03. The minimum absolute atomic E-state index is 0.152. The second-order valence-electron chi connectivity index (χ2n) is 5.03. The van der Waals surface area contributed by atoms with Crippen LogP contribution in [0.25, 0.3) is 0 Å². The van der Waals surface area contributed by atoms with Crippen LogP contribution < -0.4 is 10.1 Å². The van der Waals surface area contributed by atoms with Gasteiger partial charge < -0.3 is 19.9 Å². The number of hydrogen-bond donors (Lipinski definition) is 2. The Balaban J connectivity index is 1.98. The number of rotatable bonds is 5. The number of ether oxygens (including phenoxy) is 2. The van der Waals surface area contributed by atoms with E-state index in [1.54, 1.807) is 18.2 Å². The van der Waals surface area contributed by atoms with Crippen molar-refractivity contribution < 1.29 is 19.4 Å². The van der Waals surface area contributed by atoms with E-state index in [2.05, 4.69) is 5.32 Å². The highest BCUT2D eigenvalue weighted by Crippen LogP contribution is 2.25. The van der Waals surface area contributed by atoms with E-state index >= 15 is 0 Å². The van der Waals surface area contributed by atoms with E-state index in [1.165, 1.54) is 13.2 Å². The molecule has 0 radical (unpaired) electrons. The summed E-state index contributed by atoms with van der Waals surface area (Å²) in [7, 11) is 1.41. The van der Waals surface area contributed by atoms with Gasteiger partial charge in [-0.3, -0.25) is 4.79 Å². The molecule has 1 unspecified atom stereocenters. The van der Waals surface area contributed by atoms with Crippen molar-refractivity contribution in [3.05, 3.63) is 24.3 Å². The summed E-state index contributed by atoms with van der Waals surface area (Å²) in [5.74, 6) is 0.509. The highest BCUT2D eigenvalue weighted by Gasteiger charge is 2.31. The number of phenolic OH excluding ortho intramolecular Hbond substituents is 1. The molecule has 1 atom stereocenters. The summed E-state index contributed by atoms with van der Waals surface area (Å²) in [6.07, 6.45) is 1.90. The van der Waals surface area contributed by atoms with Crippen LogP contribution in [-0.2, 0) is 9.53 Å². The first kappa shape index (κ1) is 14.7. The van der Waals surface area contributed by atoms with E-state index < -0.39 is 0 Å². The Bertz CT molecular complexity index is 443. The molecule has 2 rings (SSSR count). The largest absolute Gasteiger partial charge is 0.508 e. The van der Waals surface area contributed by atoms with Crippen molar-refractivity contribution in [1.29, 1.82) is 0 Å². The smallest absolute Gasteiger partial charge is 0.312 e. The maximum atomic E-state index is 11.9. The minimum Gasteiger partial charge on any atom is -0.508 e. The predicted octanol–water partition coefficient (Wildman–Crippen LogP) is 1.56. The molecule has 1 aromatic carbocycles. The van der Waals surface area contributed by atoms with Crippen LogP contribution >= 0.6 is 0 Å². The summed E-state index contributed by atoms with van der Waals surface area (Å²) >= 11 is 0. The first-order valence-corrected chi connectivity index (χ1v) is 6.91. The van der Waals surface area contributed by atoms with Crippen LogP contribution in [0.3, 0.4) is 0 Å². The van der Waals surface area contributed by atoms with Crippen LogP contribution in [0.5, 0.6) is 11.5 Å². The number of methoxy groups -OCH3 is 1. The minimum atomic E-state index is -0.260. The van der Waals surface area contributed by atoms with Crippen molar-refractivity contribution in [2.75, 3.05) is 26.8 Å². The number of piperidine rings is 1. The van der Waals surface area contributed by atoms with Gasteiger partial charge in [-0.2, -0.15) is 0 Å². The summed E-state index contributed by atoms with van der Waals surface area (Å²) in [5.41, 5.74) is 0. The summed E-state index contributed by atoms with van der Waals surface area (Å²) in [5, 5.41) is 12.7. The van der Waals surface area contributed by atoms with Crippen LogP contribution in [0.4, 0.5) is 0 Å². The van der Waals surface area contributed by atoms with Gasteiger partial charge in [0.2, 0.25) is 0 Å². The molecule has 0 spiro atoms. The van der Waals surface area contributed by atoms with Gasteiger partial charge in [0.15, 0.2) is 0 Å². The lowest BCUT2D eigenvalue weighted by Gasteiger charge is -2.28. The number of carbonyl (C=O) groups excluding carboxylic acids is 1. The molecule has 1 saturated heterocycles. The first-order valence-electron chi connectivity index (χ1n) is 6.91. The zero-order valence-corrected chi connectivity index (χ0v) is 11.7. The average molecular weight is 279 g/mol. The third-order valence-electron chi connectivity index (χ3n) is 3.70. The Labute approximate surface area is 118 Å². The Morgan fingerprint density at radius 3 is 2.85 bits per heavy atom. The van der Waals surface area contributed by atoms with Gasteiger partial charge in [-0.25, -0.2) is 0 Å². The lowest BCUT2D eigenvalue weighted by molar-refractivity contribution is -0.149. The average Bonchev–Trinajstić information content (AvgIpc) is 2.48. The zero-order valence-electron chi connectivity index (χ0n) is 11.7. The van der Waals surface area contributed by atoms with Gasteiger partial charge in [-0.15, -0.1) is 0 Å². The Kier molecular flexibility index (Phi) is 5.24. The molecular formula is C15H21NO4. The van der Waals surface area contributed by atoms with Crippen molar-refractivity contribution in [1.82, 2.24) is 5.32 Å². The molecule has 1 fully saturated rings. The SMILES string of the molecule is COC(=O)C(COc1cccc(O)c1)C1CCNCC1. The van der Waals surface area contributed by atoms with E-state index in [-0.39, 0.29) is 30.2 Å². The third-order valence-corrected chi connectivity index (χ3v) is 3.70. The normalized spacial score (nSPS) is 17.4. The first-order chi connectivity index (χ1) is 9.70. The fraction of sp³-hybridized carbons (Fsp3) is 0.533. The van der Waals surface area contributed by atoms with Crippen molar-refractivity contribution in [2.45, 2.75) is 12.8 Å². The Morgan fingerprint density at radius 1 is 1.45 bits per heavy atom. The molecule has 1 aliphatic heterocycles. The topological polar surface area (TPSA) is 67.8 Å². The molecule has 0 amide bonds. The van der Waals surface area contributed by atoms with Gasteiger partial charge in [-0.05, 0) is 44.0 Å². The maximum Gasteiger partial charge on any atom is 0.312 e. The fourth-order valence-electron chi connectivity index (χ4n) is 2.55. The number of hydrogen-bond acceptors (Lipinski definition) is 5. The number of phenols is 1. The van der Waals surface area contributed by atoms with Crippen LogP contribution in [0, 0.1) is 11.8 Å². The lowest BCUT2D eigenvalue weighted by Crippen LogP contribution is -2.37. The number of nitrogens with one attached hydrogen (secondary N) is 1. The molecule has 1 heterocycles. The van der Waals surface area contributed by atoms with E-state index in [9.17, 15) is 9.90 Å². The van der Waals surface area contributed by atoms with Crippen LogP contribution in [0.15, 0.2) is 24.3 Å². The van der Waals surface area contributed by atoms with Crippen molar-refractivity contribution >= 4 is 5.97 Å². The molecule has 110 valence electrons. The lowest BCUT2D eigenvalue weighted by atomic mass is 9.85. The van der Waals surface area contributed by atoms with Crippen molar-refractivity contribution in [3.63, 3.8) is 0 Å². The van der Waals surface area contributed by atoms with Crippen molar-refractivity contribution in [3.8, 4) is 11.5 Å². The predicted molar refractivity (Wildman–Crippen MR) is 74.7 cm³/mol. The maximum absolute atomic E-state index is 11.9. The van der Waals surface area contributed by atoms with Gasteiger partial charge in [0.25, 0.3) is 0 Å². The van der Waals surface area contributed by atoms with E-state index in [0.717, 1.165) is 25.9 Å². The van der Waals surface area contributed by atoms with Gasteiger partial charge in [0, 0.05) is 6.07 Å². The van der Waals surface area contributed by atoms with Crippen molar-refractivity contribution in [2.24, 2.45) is 11.8 Å². The monoisotopic (exact) mass is 279 g/mol. The second kappa shape index (κ2) is 7.14. The van der Waals surface area contributed by atoms with Crippen LogP contribution in [0.2, 0.25) is 0 Å². The van der Waals surface area contributed by atoms with Crippen LogP contribution in [-0.4, -0.2) is 37.9 Å². The summed E-state index contributed by atoms with van der Waals surface area (Å²) in [6, 6.07) is 6.59. The molecule has 0 aromatic heterocycles. The van der Waals surface area contributed by atoms with E-state index in [0.29, 0.717) is 5.75 Å². The standard InChI is InChI=1S/C15H21NO4/c1-19-15(18)14(11-5-7-16-8-6-11)10-20-13-4-2-3-12(17)9-13/h2-4,9,11,14,16-17H,5-8,10H2,1H3. The fourth-order valence-corrected chi connectivity index (χ4v) is 2.55. The summed E-state index contributed by atoms with van der Waals surface area (Å²) in [6.45, 7) is 2.12. The van der Waals surface area contributed by atoms with E-state index in [1.807, 2.05) is 0 Å². The van der Waals surface area contributed by atoms with Gasteiger partial charge in [0.1, 0.15) is 18.1 Å². The molecule has 1 aromatic rings. The van der Waals surface area contributed by atoms with E-state index in [4.69, 9.17) is 9.47 Å². The molecule has 0 aliphatic carbocycles. The molecule has 20 heavy (non-hydrogen) atoms. The molecule has 5 heteroatoms. The summed E-state index contributed by atoms with van der Waals surface area (Å²) in [4.78, 5) is 11.9. The molecular weight excluding hydrogens is 258 g/mol. The van der Waals surface area contributed by atoms with Gasteiger partial charge in [0.05, 0.1) is 13.0 Å². The Morgan fingerprint density at radius 2 is 2.20 bits per heavy atom. The quantitative estimate of drug-likeness (QED) is 0.801. The summed E-state index contributed by atoms with van der Waals surface area (Å²) < 4.78 is 10.5. The van der Waals surface area contributed by atoms with Gasteiger partial charge in [-0.1, -0.05) is 6.07 Å². The number of esters is 1. The third kappa shape index (κ3) is 3.87. The number of aromatic hydroxyl groups is 1. The molecule has 5 nitrogen and oxygen atoms in total.